The minimum Gasteiger partial charge on any atom is -0.264 e. The fraction of sp³-hybridized carbons (Fsp3) is 0.438. The predicted molar refractivity (Wildman–Crippen MR) is 77.0 cm³/mol. The SMILES string of the molecule is C=Cc1cncc(C(CCC)CCC)c1C=C. The number of nitrogens with zero attached hydrogens (tertiary/aromatic N) is 1. The minimum absolute atomic E-state index is 0.602. The fourth-order valence-corrected chi connectivity index (χ4v) is 2.38. The lowest BCUT2D eigenvalue weighted by molar-refractivity contribution is 0.558. The lowest BCUT2D eigenvalue weighted by Crippen LogP contribution is -2.03. The Morgan fingerprint density at radius 1 is 1.12 bits per heavy atom. The monoisotopic (exact) mass is 229 g/mol. The lowest BCUT2D eigenvalue weighted by atomic mass is 9.87. The largest absolute Gasteiger partial charge is 0.264 e. The molecule has 0 saturated carbocycles. The molecule has 92 valence electrons. The highest BCUT2D eigenvalue weighted by molar-refractivity contribution is 5.65. The van der Waals surface area contributed by atoms with E-state index in [1.807, 2.05) is 24.5 Å². The molecule has 0 aromatic carbocycles. The van der Waals surface area contributed by atoms with Gasteiger partial charge in [-0.05, 0) is 35.4 Å². The molecule has 0 radical (unpaired) electrons. The minimum atomic E-state index is 0.602. The molecule has 1 aromatic heterocycles. The molecule has 0 bridgehead atoms. The Balaban J connectivity index is 3.16. The van der Waals surface area contributed by atoms with E-state index in [1.54, 1.807) is 0 Å². The summed E-state index contributed by atoms with van der Waals surface area (Å²) in [5.74, 6) is 0.602. The zero-order valence-electron chi connectivity index (χ0n) is 11.1. The second-order valence-electron chi connectivity index (χ2n) is 4.41. The van der Waals surface area contributed by atoms with Gasteiger partial charge in [0.2, 0.25) is 0 Å². The number of pyridine rings is 1. The van der Waals surface area contributed by atoms with E-state index in [0.29, 0.717) is 5.92 Å². The average molecular weight is 229 g/mol. The molecule has 0 aliphatic rings. The third kappa shape index (κ3) is 3.29. The first-order valence-electron chi connectivity index (χ1n) is 6.51. The van der Waals surface area contributed by atoms with Crippen LogP contribution in [0, 0.1) is 0 Å². The van der Waals surface area contributed by atoms with Crippen molar-refractivity contribution in [3.63, 3.8) is 0 Å². The summed E-state index contributed by atoms with van der Waals surface area (Å²) in [4.78, 5) is 4.33. The Morgan fingerprint density at radius 2 is 1.76 bits per heavy atom. The van der Waals surface area contributed by atoms with Gasteiger partial charge in [-0.1, -0.05) is 52.0 Å². The summed E-state index contributed by atoms with van der Waals surface area (Å²) >= 11 is 0. The van der Waals surface area contributed by atoms with E-state index in [1.165, 1.54) is 36.8 Å². The highest BCUT2D eigenvalue weighted by Crippen LogP contribution is 2.30. The van der Waals surface area contributed by atoms with Crippen LogP contribution < -0.4 is 0 Å². The van der Waals surface area contributed by atoms with Gasteiger partial charge in [0.05, 0.1) is 0 Å². The highest BCUT2D eigenvalue weighted by Gasteiger charge is 2.14. The van der Waals surface area contributed by atoms with Crippen molar-refractivity contribution < 1.29 is 0 Å². The van der Waals surface area contributed by atoms with E-state index in [-0.39, 0.29) is 0 Å². The molecule has 0 aliphatic heterocycles. The van der Waals surface area contributed by atoms with Crippen molar-refractivity contribution in [3.8, 4) is 0 Å². The van der Waals surface area contributed by atoms with Crippen molar-refractivity contribution in [1.82, 2.24) is 4.98 Å². The number of hydrogen-bond acceptors (Lipinski definition) is 1. The molecule has 0 fully saturated rings. The highest BCUT2D eigenvalue weighted by atomic mass is 14.6. The maximum atomic E-state index is 4.33. The molecule has 17 heavy (non-hydrogen) atoms. The second-order valence-corrected chi connectivity index (χ2v) is 4.41. The molecular formula is C16H23N. The molecule has 1 aromatic rings. The first-order chi connectivity index (χ1) is 8.28. The van der Waals surface area contributed by atoms with Gasteiger partial charge < -0.3 is 0 Å². The molecule has 1 heteroatoms. The van der Waals surface area contributed by atoms with Gasteiger partial charge in [0.25, 0.3) is 0 Å². The van der Waals surface area contributed by atoms with Crippen LogP contribution in [0.4, 0.5) is 0 Å². The van der Waals surface area contributed by atoms with Crippen LogP contribution >= 0.6 is 0 Å². The van der Waals surface area contributed by atoms with E-state index in [9.17, 15) is 0 Å². The third-order valence-corrected chi connectivity index (χ3v) is 3.19. The number of aromatic nitrogens is 1. The molecule has 0 saturated heterocycles. The molecule has 1 nitrogen and oxygen atoms in total. The van der Waals surface area contributed by atoms with Crippen LogP contribution in [0.1, 0.15) is 62.1 Å². The predicted octanol–water partition coefficient (Wildman–Crippen LogP) is 5.05. The smallest absolute Gasteiger partial charge is 0.0346 e. The Hall–Kier alpha value is -1.37. The molecule has 0 atom stereocenters. The van der Waals surface area contributed by atoms with Gasteiger partial charge in [0.15, 0.2) is 0 Å². The molecule has 1 heterocycles. The van der Waals surface area contributed by atoms with Crippen LogP contribution in [0.25, 0.3) is 12.2 Å². The van der Waals surface area contributed by atoms with E-state index in [2.05, 4.69) is 32.0 Å². The van der Waals surface area contributed by atoms with Crippen LogP contribution in [0.5, 0.6) is 0 Å². The second kappa shape index (κ2) is 7.05. The van der Waals surface area contributed by atoms with E-state index < -0.39 is 0 Å². The zero-order valence-corrected chi connectivity index (χ0v) is 11.1. The topological polar surface area (TPSA) is 12.9 Å². The summed E-state index contributed by atoms with van der Waals surface area (Å²) in [7, 11) is 0. The molecule has 1 rings (SSSR count). The fourth-order valence-electron chi connectivity index (χ4n) is 2.38. The first-order valence-corrected chi connectivity index (χ1v) is 6.51. The third-order valence-electron chi connectivity index (χ3n) is 3.19. The zero-order chi connectivity index (χ0) is 12.7. The normalized spacial score (nSPS) is 10.5. The van der Waals surface area contributed by atoms with Gasteiger partial charge in [0.1, 0.15) is 0 Å². The van der Waals surface area contributed by atoms with E-state index in [0.717, 1.165) is 5.56 Å². The Morgan fingerprint density at radius 3 is 2.24 bits per heavy atom. The van der Waals surface area contributed by atoms with Crippen LogP contribution in [0.3, 0.4) is 0 Å². The Labute approximate surface area is 105 Å². The van der Waals surface area contributed by atoms with Gasteiger partial charge in [-0.15, -0.1) is 0 Å². The van der Waals surface area contributed by atoms with E-state index in [4.69, 9.17) is 0 Å². The summed E-state index contributed by atoms with van der Waals surface area (Å²) in [6.07, 6.45) is 12.5. The van der Waals surface area contributed by atoms with Gasteiger partial charge in [-0.25, -0.2) is 0 Å². The van der Waals surface area contributed by atoms with Crippen molar-refractivity contribution in [3.05, 3.63) is 42.2 Å². The van der Waals surface area contributed by atoms with Crippen LogP contribution in [-0.2, 0) is 0 Å². The Kier molecular flexibility index (Phi) is 5.68. The molecule has 0 amide bonds. The van der Waals surface area contributed by atoms with Gasteiger partial charge in [-0.3, -0.25) is 4.98 Å². The van der Waals surface area contributed by atoms with Gasteiger partial charge >= 0.3 is 0 Å². The lowest BCUT2D eigenvalue weighted by Gasteiger charge is -2.19. The van der Waals surface area contributed by atoms with Crippen molar-refractivity contribution in [1.29, 1.82) is 0 Å². The van der Waals surface area contributed by atoms with E-state index >= 15 is 0 Å². The summed E-state index contributed by atoms with van der Waals surface area (Å²) in [5, 5.41) is 0. The quantitative estimate of drug-likeness (QED) is 0.637. The number of hydrogen-bond donors (Lipinski definition) is 0. The summed E-state index contributed by atoms with van der Waals surface area (Å²) in [5.41, 5.74) is 3.64. The Bertz CT molecular complexity index is 373. The van der Waals surface area contributed by atoms with Crippen molar-refractivity contribution in [2.24, 2.45) is 0 Å². The van der Waals surface area contributed by atoms with Crippen molar-refractivity contribution in [2.75, 3.05) is 0 Å². The first kappa shape index (κ1) is 13.7. The molecule has 0 unspecified atom stereocenters. The van der Waals surface area contributed by atoms with Crippen LogP contribution in [-0.4, -0.2) is 4.98 Å². The van der Waals surface area contributed by atoms with Crippen molar-refractivity contribution >= 4 is 12.2 Å². The molecule has 0 aliphatic carbocycles. The average Bonchev–Trinajstić information content (AvgIpc) is 2.37. The van der Waals surface area contributed by atoms with Crippen molar-refractivity contribution in [2.45, 2.75) is 45.4 Å². The molecule has 0 spiro atoms. The maximum Gasteiger partial charge on any atom is 0.0346 e. The summed E-state index contributed by atoms with van der Waals surface area (Å²) in [6.45, 7) is 12.2. The van der Waals surface area contributed by atoms with Crippen LogP contribution in [0.2, 0.25) is 0 Å². The summed E-state index contributed by atoms with van der Waals surface area (Å²) in [6, 6.07) is 0. The summed E-state index contributed by atoms with van der Waals surface area (Å²) < 4.78 is 0. The van der Waals surface area contributed by atoms with Crippen LogP contribution in [0.15, 0.2) is 25.6 Å². The van der Waals surface area contributed by atoms with Gasteiger partial charge in [-0.2, -0.15) is 0 Å². The standard InChI is InChI=1S/C16H23N/c1-5-9-14(10-6-2)16-12-17-11-13(7-3)15(16)8-4/h7-8,11-12,14H,3-6,9-10H2,1-2H3. The maximum absolute atomic E-state index is 4.33. The molecule has 0 N–H and O–H groups in total. The molecular weight excluding hydrogens is 206 g/mol. The van der Waals surface area contributed by atoms with Gasteiger partial charge in [0, 0.05) is 12.4 Å². The number of rotatable bonds is 7.